The van der Waals surface area contributed by atoms with Crippen molar-refractivity contribution in [1.82, 2.24) is 0 Å². The van der Waals surface area contributed by atoms with Crippen LogP contribution >= 0.6 is 15.9 Å². The Labute approximate surface area is 136 Å². The van der Waals surface area contributed by atoms with E-state index >= 15 is 0 Å². The predicted octanol–water partition coefficient (Wildman–Crippen LogP) is 4.16. The minimum Gasteiger partial charge on any atom is -0.323 e. The summed E-state index contributed by atoms with van der Waals surface area (Å²) in [5, 5.41) is 2.86. The van der Waals surface area contributed by atoms with Crippen LogP contribution in [-0.2, 0) is 4.79 Å². The third kappa shape index (κ3) is 2.57. The number of amides is 1. The number of fused-ring (bicyclic) bond motifs is 1. The number of halogens is 2. The molecule has 0 saturated carbocycles. The van der Waals surface area contributed by atoms with E-state index in [1.165, 1.54) is 6.07 Å². The number of anilines is 1. The van der Waals surface area contributed by atoms with Gasteiger partial charge in [0.1, 0.15) is 11.4 Å². The minimum atomic E-state index is -0.983. The van der Waals surface area contributed by atoms with Crippen molar-refractivity contribution in [1.29, 1.82) is 0 Å². The smallest absolute Gasteiger partial charge is 0.251 e. The Bertz CT molecular complexity index is 799. The van der Waals surface area contributed by atoms with Crippen LogP contribution in [0.5, 0.6) is 0 Å². The van der Waals surface area contributed by atoms with Crippen molar-refractivity contribution < 1.29 is 9.18 Å². The summed E-state index contributed by atoms with van der Waals surface area (Å²) in [6, 6.07) is 11.9. The van der Waals surface area contributed by atoms with Gasteiger partial charge in [0.2, 0.25) is 0 Å². The summed E-state index contributed by atoms with van der Waals surface area (Å²) in [4.78, 5) is 16.9. The summed E-state index contributed by atoms with van der Waals surface area (Å²) in [6.07, 6.45) is 0. The van der Waals surface area contributed by atoms with Gasteiger partial charge in [-0.15, -0.1) is 0 Å². The molecule has 0 atom stereocenters. The molecule has 22 heavy (non-hydrogen) atoms. The minimum absolute atomic E-state index is 0.220. The fourth-order valence-electron chi connectivity index (χ4n) is 2.35. The third-order valence-electron chi connectivity index (χ3n) is 3.56. The van der Waals surface area contributed by atoms with E-state index in [4.69, 9.17) is 0 Å². The number of rotatable bonds is 1. The molecule has 1 heterocycles. The van der Waals surface area contributed by atoms with Crippen LogP contribution in [0.1, 0.15) is 25.0 Å². The topological polar surface area (TPSA) is 41.5 Å². The van der Waals surface area contributed by atoms with E-state index in [2.05, 4.69) is 26.2 Å². The highest BCUT2D eigenvalue weighted by atomic mass is 79.9. The molecule has 0 fully saturated rings. The molecule has 3 nitrogen and oxygen atoms in total. The fraction of sp³-hybridized carbons (Fsp3) is 0.176. The van der Waals surface area contributed by atoms with Gasteiger partial charge in [-0.2, -0.15) is 0 Å². The fourth-order valence-corrected chi connectivity index (χ4v) is 2.71. The van der Waals surface area contributed by atoms with E-state index in [0.29, 0.717) is 22.5 Å². The molecule has 1 N–H and O–H groups in total. The Balaban J connectivity index is 2.32. The molecule has 0 spiro atoms. The number of nitrogens with zero attached hydrogens (tertiary/aromatic N) is 1. The monoisotopic (exact) mass is 360 g/mol. The largest absolute Gasteiger partial charge is 0.323 e. The van der Waals surface area contributed by atoms with Crippen LogP contribution in [0.25, 0.3) is 0 Å². The number of hydrogen-bond donors (Lipinski definition) is 1. The van der Waals surface area contributed by atoms with E-state index in [1.807, 2.05) is 12.1 Å². The molecule has 2 aromatic carbocycles. The number of carbonyl (C=O) groups is 1. The molecule has 1 aliphatic heterocycles. The Morgan fingerprint density at radius 2 is 1.86 bits per heavy atom. The van der Waals surface area contributed by atoms with Crippen LogP contribution in [0, 0.1) is 5.82 Å². The predicted molar refractivity (Wildman–Crippen MR) is 88.9 cm³/mol. The molecule has 112 valence electrons. The first-order chi connectivity index (χ1) is 10.4. The van der Waals surface area contributed by atoms with E-state index < -0.39 is 5.54 Å². The van der Waals surface area contributed by atoms with Gasteiger partial charge in [0.15, 0.2) is 0 Å². The normalized spacial score (nSPS) is 16.4. The number of benzene rings is 2. The number of nitrogens with one attached hydrogen (secondary N) is 1. The second kappa shape index (κ2) is 5.32. The second-order valence-electron chi connectivity index (χ2n) is 5.64. The molecule has 0 aromatic heterocycles. The molecular weight excluding hydrogens is 347 g/mol. The van der Waals surface area contributed by atoms with Crippen LogP contribution in [0.4, 0.5) is 10.1 Å². The number of aliphatic imine (C=N–C) groups is 1. The van der Waals surface area contributed by atoms with Crippen molar-refractivity contribution >= 4 is 33.2 Å². The second-order valence-corrected chi connectivity index (χ2v) is 6.56. The lowest BCUT2D eigenvalue weighted by atomic mass is 9.99. The Hall–Kier alpha value is -2.01. The maximum absolute atomic E-state index is 14.3. The van der Waals surface area contributed by atoms with Crippen molar-refractivity contribution in [3.63, 3.8) is 0 Å². The molecule has 1 amide bonds. The first-order valence-corrected chi connectivity index (χ1v) is 7.64. The molecule has 2 aromatic rings. The number of hydrogen-bond acceptors (Lipinski definition) is 2. The SMILES string of the molecule is CC1(C)N=C(c2ccccc2F)c2cc(Br)ccc2NC1=O. The van der Waals surface area contributed by atoms with E-state index in [1.54, 1.807) is 38.1 Å². The highest BCUT2D eigenvalue weighted by Gasteiger charge is 2.32. The number of benzodiazepines with no additional fused rings is 1. The van der Waals surface area contributed by atoms with Crippen molar-refractivity contribution in [2.45, 2.75) is 19.4 Å². The molecule has 0 saturated heterocycles. The van der Waals surface area contributed by atoms with Gasteiger partial charge < -0.3 is 5.32 Å². The lowest BCUT2D eigenvalue weighted by Crippen LogP contribution is -2.34. The zero-order valence-electron chi connectivity index (χ0n) is 12.2. The van der Waals surface area contributed by atoms with Crippen molar-refractivity contribution in [2.75, 3.05) is 5.32 Å². The van der Waals surface area contributed by atoms with Crippen LogP contribution in [-0.4, -0.2) is 17.2 Å². The highest BCUT2D eigenvalue weighted by molar-refractivity contribution is 9.10. The molecule has 0 aliphatic carbocycles. The maximum Gasteiger partial charge on any atom is 0.251 e. The van der Waals surface area contributed by atoms with Crippen LogP contribution in [0.15, 0.2) is 51.9 Å². The third-order valence-corrected chi connectivity index (χ3v) is 4.05. The zero-order chi connectivity index (χ0) is 15.9. The van der Waals surface area contributed by atoms with Crippen molar-refractivity contribution in [3.05, 3.63) is 63.9 Å². The lowest BCUT2D eigenvalue weighted by Gasteiger charge is -2.17. The average molecular weight is 361 g/mol. The standard InChI is InChI=1S/C17H14BrFN2O/c1-17(2)16(22)20-14-8-7-10(18)9-12(14)15(21-17)11-5-3-4-6-13(11)19/h3-9H,1-2H3,(H,20,22). The van der Waals surface area contributed by atoms with Crippen LogP contribution in [0.2, 0.25) is 0 Å². The summed E-state index contributed by atoms with van der Waals surface area (Å²) < 4.78 is 15.1. The Kier molecular flexibility index (Phi) is 3.60. The van der Waals surface area contributed by atoms with Crippen LogP contribution in [0.3, 0.4) is 0 Å². The molecule has 0 radical (unpaired) electrons. The number of carbonyl (C=O) groups excluding carboxylic acids is 1. The Morgan fingerprint density at radius 1 is 1.14 bits per heavy atom. The van der Waals surface area contributed by atoms with E-state index in [0.717, 1.165) is 4.47 Å². The summed E-state index contributed by atoms with van der Waals surface area (Å²) >= 11 is 3.42. The molecule has 1 aliphatic rings. The maximum atomic E-state index is 14.3. The lowest BCUT2D eigenvalue weighted by molar-refractivity contribution is -0.119. The summed E-state index contributed by atoms with van der Waals surface area (Å²) in [6.45, 7) is 3.42. The summed E-state index contributed by atoms with van der Waals surface area (Å²) in [5.74, 6) is -0.584. The highest BCUT2D eigenvalue weighted by Crippen LogP contribution is 2.30. The van der Waals surface area contributed by atoms with Gasteiger partial charge in [-0.25, -0.2) is 4.39 Å². The summed E-state index contributed by atoms with van der Waals surface area (Å²) in [7, 11) is 0. The zero-order valence-corrected chi connectivity index (χ0v) is 13.7. The van der Waals surface area contributed by atoms with E-state index in [9.17, 15) is 9.18 Å². The van der Waals surface area contributed by atoms with Crippen molar-refractivity contribution in [3.8, 4) is 0 Å². The molecule has 0 bridgehead atoms. The van der Waals surface area contributed by atoms with E-state index in [-0.39, 0.29) is 11.7 Å². The van der Waals surface area contributed by atoms with Gasteiger partial charge in [0.05, 0.1) is 11.4 Å². The first kappa shape index (κ1) is 14.9. The van der Waals surface area contributed by atoms with Gasteiger partial charge in [-0.1, -0.05) is 28.1 Å². The summed E-state index contributed by atoms with van der Waals surface area (Å²) in [5.41, 5.74) is 1.19. The van der Waals surface area contributed by atoms with Gasteiger partial charge in [0.25, 0.3) is 5.91 Å². The molecule has 5 heteroatoms. The molecule has 0 unspecified atom stereocenters. The average Bonchev–Trinajstić information content (AvgIpc) is 2.56. The van der Waals surface area contributed by atoms with Gasteiger partial charge in [-0.05, 0) is 44.2 Å². The first-order valence-electron chi connectivity index (χ1n) is 6.84. The molecular formula is C17H14BrFN2O. The van der Waals surface area contributed by atoms with Crippen LogP contribution < -0.4 is 5.32 Å². The Morgan fingerprint density at radius 3 is 2.59 bits per heavy atom. The van der Waals surface area contributed by atoms with Crippen molar-refractivity contribution in [2.24, 2.45) is 4.99 Å². The quantitative estimate of drug-likeness (QED) is 0.814. The van der Waals surface area contributed by atoms with Gasteiger partial charge in [0, 0.05) is 15.6 Å². The van der Waals surface area contributed by atoms with Gasteiger partial charge in [-0.3, -0.25) is 9.79 Å². The van der Waals surface area contributed by atoms with Gasteiger partial charge >= 0.3 is 0 Å². The molecule has 3 rings (SSSR count).